The molecule has 0 aliphatic carbocycles. The minimum absolute atomic E-state index is 0.0761. The van der Waals surface area contributed by atoms with E-state index in [2.05, 4.69) is 15.5 Å². The third-order valence-corrected chi connectivity index (χ3v) is 6.21. The number of nitrogens with one attached hydrogen (secondary N) is 1. The largest absolute Gasteiger partial charge is 0.496 e. The summed E-state index contributed by atoms with van der Waals surface area (Å²) >= 11 is 0. The second-order valence-corrected chi connectivity index (χ2v) is 8.78. The van der Waals surface area contributed by atoms with Crippen molar-refractivity contribution in [3.8, 4) is 11.6 Å². The number of carboxylic acid groups (broad SMARTS) is 1. The molecule has 3 amide bonds. The maximum atomic E-state index is 13.5. The van der Waals surface area contributed by atoms with Gasteiger partial charge in [0.1, 0.15) is 11.9 Å². The van der Waals surface area contributed by atoms with E-state index in [9.17, 15) is 22.8 Å². The van der Waals surface area contributed by atoms with Crippen molar-refractivity contribution in [1.29, 1.82) is 0 Å². The average molecular weight is 546 g/mol. The number of rotatable bonds is 8. The van der Waals surface area contributed by atoms with Crippen molar-refractivity contribution in [1.82, 2.24) is 15.1 Å². The number of carbonyl (C=O) groups excluding carboxylic acids is 1. The Labute approximate surface area is 222 Å². The molecule has 0 spiro atoms. The van der Waals surface area contributed by atoms with Crippen LogP contribution in [0.3, 0.4) is 0 Å². The molecule has 13 heteroatoms. The SMILES string of the molecule is COc1cc2c(cc1C(F)(F)F)N(C(=O)Nc1ccc(OC(CCN(C)C(=O)O)c3ccccc3)nn1)CC2. The van der Waals surface area contributed by atoms with E-state index in [-0.39, 0.29) is 36.2 Å². The molecular weight excluding hydrogens is 519 g/mol. The Balaban J connectivity index is 1.45. The van der Waals surface area contributed by atoms with Crippen molar-refractivity contribution >= 4 is 23.6 Å². The molecule has 1 aliphatic heterocycles. The van der Waals surface area contributed by atoms with Crippen LogP contribution in [0.25, 0.3) is 0 Å². The molecule has 2 N–H and O–H groups in total. The molecule has 10 nitrogen and oxygen atoms in total. The quantitative estimate of drug-likeness (QED) is 0.399. The fourth-order valence-electron chi connectivity index (χ4n) is 4.16. The summed E-state index contributed by atoms with van der Waals surface area (Å²) in [5.74, 6) is -0.0751. The molecule has 0 saturated carbocycles. The minimum Gasteiger partial charge on any atom is -0.496 e. The number of fused-ring (bicyclic) bond motifs is 1. The lowest BCUT2D eigenvalue weighted by atomic mass is 10.1. The van der Waals surface area contributed by atoms with Gasteiger partial charge >= 0.3 is 18.3 Å². The van der Waals surface area contributed by atoms with Crippen LogP contribution >= 0.6 is 0 Å². The van der Waals surface area contributed by atoms with E-state index in [4.69, 9.17) is 14.6 Å². The van der Waals surface area contributed by atoms with Gasteiger partial charge in [-0.2, -0.15) is 13.2 Å². The van der Waals surface area contributed by atoms with Crippen LogP contribution in [0, 0.1) is 0 Å². The highest BCUT2D eigenvalue weighted by atomic mass is 19.4. The molecule has 206 valence electrons. The number of aromatic nitrogens is 2. The van der Waals surface area contributed by atoms with E-state index in [1.54, 1.807) is 0 Å². The summed E-state index contributed by atoms with van der Waals surface area (Å²) in [6.45, 7) is 0.402. The van der Waals surface area contributed by atoms with Gasteiger partial charge in [0.2, 0.25) is 5.88 Å². The van der Waals surface area contributed by atoms with Gasteiger partial charge in [-0.3, -0.25) is 10.2 Å². The zero-order valence-electron chi connectivity index (χ0n) is 21.1. The summed E-state index contributed by atoms with van der Waals surface area (Å²) in [5.41, 5.74) is 0.557. The van der Waals surface area contributed by atoms with E-state index in [0.29, 0.717) is 18.4 Å². The van der Waals surface area contributed by atoms with E-state index in [1.807, 2.05) is 30.3 Å². The Morgan fingerprint density at radius 3 is 2.51 bits per heavy atom. The van der Waals surface area contributed by atoms with Gasteiger partial charge in [0, 0.05) is 38.3 Å². The Kier molecular flexibility index (Phi) is 8.07. The van der Waals surface area contributed by atoms with Crippen molar-refractivity contribution in [3.05, 3.63) is 71.3 Å². The first-order valence-corrected chi connectivity index (χ1v) is 11.9. The number of nitrogens with zero attached hydrogens (tertiary/aromatic N) is 4. The minimum atomic E-state index is -4.65. The van der Waals surface area contributed by atoms with Crippen LogP contribution in [0.4, 0.5) is 34.3 Å². The normalized spacial score (nSPS) is 13.4. The maximum Gasteiger partial charge on any atom is 0.420 e. The standard InChI is InChI=1S/C26H26F3N5O5/c1-33(25(36)37)12-11-20(16-6-4-3-5-7-16)39-23-9-8-22(31-32-23)30-24(35)34-13-10-17-14-21(38-2)18(15-19(17)34)26(27,28)29/h3-9,14-15,20H,10-13H2,1-2H3,(H,36,37)(H,30,31,35). The predicted molar refractivity (Wildman–Crippen MR) is 135 cm³/mol. The number of alkyl halides is 3. The smallest absolute Gasteiger partial charge is 0.420 e. The highest BCUT2D eigenvalue weighted by Crippen LogP contribution is 2.42. The van der Waals surface area contributed by atoms with Gasteiger partial charge in [0.05, 0.1) is 12.7 Å². The van der Waals surface area contributed by atoms with E-state index in [0.717, 1.165) is 16.5 Å². The highest BCUT2D eigenvalue weighted by Gasteiger charge is 2.37. The Bertz CT molecular complexity index is 1320. The number of anilines is 2. The van der Waals surface area contributed by atoms with Crippen molar-refractivity contribution in [2.45, 2.75) is 25.1 Å². The number of ether oxygens (including phenoxy) is 2. The molecule has 0 fully saturated rings. The zero-order chi connectivity index (χ0) is 28.2. The predicted octanol–water partition coefficient (Wildman–Crippen LogP) is 5.22. The molecule has 1 aromatic heterocycles. The van der Waals surface area contributed by atoms with Gasteiger partial charge in [-0.05, 0) is 35.7 Å². The van der Waals surface area contributed by atoms with Crippen molar-refractivity contribution < 1.29 is 37.3 Å². The van der Waals surface area contributed by atoms with E-state index >= 15 is 0 Å². The lowest BCUT2D eigenvalue weighted by Gasteiger charge is -2.22. The topological polar surface area (TPSA) is 117 Å². The monoisotopic (exact) mass is 545 g/mol. The molecule has 0 saturated heterocycles. The first-order chi connectivity index (χ1) is 18.6. The zero-order valence-corrected chi connectivity index (χ0v) is 21.1. The molecule has 0 radical (unpaired) electrons. The molecule has 2 aromatic carbocycles. The van der Waals surface area contributed by atoms with Crippen LogP contribution in [0.15, 0.2) is 54.6 Å². The molecule has 0 bridgehead atoms. The van der Waals surface area contributed by atoms with Crippen LogP contribution < -0.4 is 19.7 Å². The second kappa shape index (κ2) is 11.5. The molecule has 1 aliphatic rings. The van der Waals surface area contributed by atoms with Crippen LogP contribution in [0.5, 0.6) is 11.6 Å². The summed E-state index contributed by atoms with van der Waals surface area (Å²) in [7, 11) is 2.62. The molecule has 1 atom stereocenters. The molecular formula is C26H26F3N5O5. The van der Waals surface area contributed by atoms with Gasteiger partial charge in [-0.1, -0.05) is 30.3 Å². The van der Waals surface area contributed by atoms with Crippen molar-refractivity contribution in [2.75, 3.05) is 37.5 Å². The fraction of sp³-hybridized carbons (Fsp3) is 0.308. The highest BCUT2D eigenvalue weighted by molar-refractivity contribution is 6.02. The Morgan fingerprint density at radius 1 is 1.15 bits per heavy atom. The number of hydrogen-bond donors (Lipinski definition) is 2. The lowest BCUT2D eigenvalue weighted by Crippen LogP contribution is -2.33. The Hall–Kier alpha value is -4.55. The van der Waals surface area contributed by atoms with Gasteiger partial charge < -0.3 is 19.5 Å². The van der Waals surface area contributed by atoms with Crippen molar-refractivity contribution in [3.63, 3.8) is 0 Å². The summed E-state index contributed by atoms with van der Waals surface area (Å²) in [5, 5.41) is 19.6. The summed E-state index contributed by atoms with van der Waals surface area (Å²) < 4.78 is 51.3. The molecule has 1 unspecified atom stereocenters. The third kappa shape index (κ3) is 6.48. The Morgan fingerprint density at radius 2 is 1.90 bits per heavy atom. The maximum absolute atomic E-state index is 13.5. The van der Waals surface area contributed by atoms with Crippen molar-refractivity contribution in [2.24, 2.45) is 0 Å². The molecule has 2 heterocycles. The van der Waals surface area contributed by atoms with Crippen LogP contribution in [-0.2, 0) is 12.6 Å². The average Bonchev–Trinajstić information content (AvgIpc) is 3.34. The van der Waals surface area contributed by atoms with Gasteiger partial charge in [-0.15, -0.1) is 10.2 Å². The van der Waals surface area contributed by atoms with Crippen LogP contribution in [-0.4, -0.2) is 59.6 Å². The summed E-state index contributed by atoms with van der Waals surface area (Å²) in [6.07, 6.45) is -5.49. The lowest BCUT2D eigenvalue weighted by molar-refractivity contribution is -0.138. The van der Waals surface area contributed by atoms with Gasteiger partial charge in [0.25, 0.3) is 0 Å². The second-order valence-electron chi connectivity index (χ2n) is 8.78. The van der Waals surface area contributed by atoms with E-state index < -0.39 is 30.0 Å². The summed E-state index contributed by atoms with van der Waals surface area (Å²) in [4.78, 5) is 26.4. The number of urea groups is 1. The first-order valence-electron chi connectivity index (χ1n) is 11.9. The fourth-order valence-corrected chi connectivity index (χ4v) is 4.16. The summed E-state index contributed by atoms with van der Waals surface area (Å²) in [6, 6.07) is 13.7. The number of halogens is 3. The first kappa shape index (κ1) is 27.5. The molecule has 4 rings (SSSR count). The van der Waals surface area contributed by atoms with Gasteiger partial charge in [-0.25, -0.2) is 9.59 Å². The van der Waals surface area contributed by atoms with Gasteiger partial charge in [0.15, 0.2) is 5.82 Å². The number of hydrogen-bond acceptors (Lipinski definition) is 6. The van der Waals surface area contributed by atoms with Crippen LogP contribution in [0.2, 0.25) is 0 Å². The molecule has 3 aromatic rings. The number of methoxy groups -OCH3 is 1. The number of benzene rings is 2. The van der Waals surface area contributed by atoms with Crippen LogP contribution in [0.1, 0.15) is 29.2 Å². The molecule has 39 heavy (non-hydrogen) atoms. The third-order valence-electron chi connectivity index (χ3n) is 6.21. The number of carbonyl (C=O) groups is 2. The van der Waals surface area contributed by atoms with E-state index in [1.165, 1.54) is 37.3 Å². The number of amides is 3.